The third-order valence-corrected chi connectivity index (χ3v) is 4.79. The van der Waals surface area contributed by atoms with E-state index in [-0.39, 0.29) is 21.8 Å². The number of pyridine rings is 1. The van der Waals surface area contributed by atoms with Crippen molar-refractivity contribution in [3.63, 3.8) is 0 Å². The fourth-order valence-corrected chi connectivity index (χ4v) is 3.58. The van der Waals surface area contributed by atoms with E-state index < -0.39 is 10.0 Å². The van der Waals surface area contributed by atoms with Crippen molar-refractivity contribution in [3.8, 4) is 0 Å². The number of aldehydes is 1. The van der Waals surface area contributed by atoms with Gasteiger partial charge in [0.25, 0.3) is 10.0 Å². The monoisotopic (exact) mass is 296 g/mol. The first-order valence-corrected chi connectivity index (χ1v) is 7.52. The van der Waals surface area contributed by atoms with Gasteiger partial charge in [0.2, 0.25) is 0 Å². The molecule has 0 aliphatic rings. The van der Waals surface area contributed by atoms with Crippen molar-refractivity contribution < 1.29 is 13.2 Å². The molecule has 0 aliphatic heterocycles. The van der Waals surface area contributed by atoms with Crippen LogP contribution in [-0.2, 0) is 10.0 Å². The molecular weight excluding hydrogens is 287 g/mol. The Labute approximate surface area is 122 Å². The lowest BCUT2D eigenvalue weighted by molar-refractivity contribution is 0.111. The van der Waals surface area contributed by atoms with Gasteiger partial charge in [-0.05, 0) is 23.8 Å². The average Bonchev–Trinajstić information content (AvgIpc) is 2.86. The summed E-state index contributed by atoms with van der Waals surface area (Å²) in [5, 5.41) is 0.533. The van der Waals surface area contributed by atoms with E-state index in [9.17, 15) is 13.2 Å². The van der Waals surface area contributed by atoms with Gasteiger partial charge in [0.15, 0.2) is 11.9 Å². The van der Waals surface area contributed by atoms with Gasteiger partial charge < -0.3 is 0 Å². The Hall–Kier alpha value is -2.41. The first-order valence-electron chi connectivity index (χ1n) is 6.08. The molecule has 0 aliphatic carbocycles. The van der Waals surface area contributed by atoms with Gasteiger partial charge in [-0.1, -0.05) is 30.3 Å². The van der Waals surface area contributed by atoms with Crippen molar-refractivity contribution in [2.45, 2.75) is 4.90 Å². The molecule has 5 nitrogen and oxygen atoms in total. The van der Waals surface area contributed by atoms with Crippen LogP contribution in [0.15, 0.2) is 53.4 Å². The summed E-state index contributed by atoms with van der Waals surface area (Å²) in [4.78, 5) is 15.3. The Morgan fingerprint density at radius 1 is 1.10 bits per heavy atom. The van der Waals surface area contributed by atoms with Crippen LogP contribution < -0.4 is 5.59 Å². The van der Waals surface area contributed by atoms with E-state index in [1.54, 1.807) is 30.3 Å². The molecule has 0 saturated heterocycles. The normalized spacial score (nSPS) is 11.6. The zero-order valence-electron chi connectivity index (χ0n) is 10.8. The van der Waals surface area contributed by atoms with Crippen LogP contribution in [0.5, 0.6) is 0 Å². The molecule has 3 rings (SSSR count). The van der Waals surface area contributed by atoms with Gasteiger partial charge in [0, 0.05) is 5.39 Å². The molecule has 0 unspecified atom stereocenters. The van der Waals surface area contributed by atoms with E-state index in [1.807, 2.05) is 0 Å². The first kappa shape index (κ1) is 13.6. The Kier molecular flexibility index (Phi) is 3.14. The number of aromatic nitrogens is 2. The molecule has 21 heavy (non-hydrogen) atoms. The predicted octanol–water partition coefficient (Wildman–Crippen LogP) is 0.880. The Morgan fingerprint density at radius 3 is 2.48 bits per heavy atom. The summed E-state index contributed by atoms with van der Waals surface area (Å²) in [6.07, 6.45) is 0.484. The van der Waals surface area contributed by atoms with Gasteiger partial charge in [0.1, 0.15) is 7.85 Å². The second-order valence-corrected chi connectivity index (χ2v) is 6.21. The van der Waals surface area contributed by atoms with Crippen molar-refractivity contribution in [2.24, 2.45) is 0 Å². The van der Waals surface area contributed by atoms with Crippen LogP contribution in [0.1, 0.15) is 10.5 Å². The molecule has 0 amide bonds. The highest BCUT2D eigenvalue weighted by molar-refractivity contribution is 7.90. The second kappa shape index (κ2) is 4.85. The van der Waals surface area contributed by atoms with E-state index >= 15 is 0 Å². The summed E-state index contributed by atoms with van der Waals surface area (Å²) in [7, 11) is 1.70. The lowest BCUT2D eigenvalue weighted by Gasteiger charge is -2.08. The highest BCUT2D eigenvalue weighted by Crippen LogP contribution is 2.22. The van der Waals surface area contributed by atoms with E-state index in [4.69, 9.17) is 7.85 Å². The lowest BCUT2D eigenvalue weighted by Crippen LogP contribution is -2.18. The fourth-order valence-electron chi connectivity index (χ4n) is 2.12. The van der Waals surface area contributed by atoms with Crippen LogP contribution in [0, 0.1) is 0 Å². The molecule has 2 heterocycles. The maximum absolute atomic E-state index is 12.7. The van der Waals surface area contributed by atoms with Crippen LogP contribution in [-0.4, -0.2) is 31.5 Å². The second-order valence-electron chi connectivity index (χ2n) is 4.42. The molecule has 0 fully saturated rings. The van der Waals surface area contributed by atoms with Gasteiger partial charge in [0.05, 0.1) is 10.6 Å². The summed E-state index contributed by atoms with van der Waals surface area (Å²) >= 11 is 0. The smallest absolute Gasteiger partial charge is 0.270 e. The molecular formula is C14H9BN2O3S. The molecule has 2 radical (unpaired) electrons. The van der Waals surface area contributed by atoms with Crippen LogP contribution in [0.4, 0.5) is 0 Å². The number of fused-ring (bicyclic) bond motifs is 1. The maximum Gasteiger partial charge on any atom is 0.270 e. The summed E-state index contributed by atoms with van der Waals surface area (Å²) in [5.74, 6) is 0. The number of carbonyl (C=O) groups excluding carboxylic acids is 1. The molecule has 0 N–H and O–H groups in total. The van der Waals surface area contributed by atoms with Gasteiger partial charge >= 0.3 is 0 Å². The minimum absolute atomic E-state index is 0.00644. The Morgan fingerprint density at radius 2 is 1.81 bits per heavy atom. The van der Waals surface area contributed by atoms with Crippen LogP contribution in [0.2, 0.25) is 0 Å². The van der Waals surface area contributed by atoms with Crippen molar-refractivity contribution in [1.29, 1.82) is 0 Å². The Bertz CT molecular complexity index is 934. The zero-order valence-corrected chi connectivity index (χ0v) is 11.6. The summed E-state index contributed by atoms with van der Waals surface area (Å²) in [5.41, 5.74) is 0.329. The van der Waals surface area contributed by atoms with E-state index in [0.717, 1.165) is 3.97 Å². The van der Waals surface area contributed by atoms with E-state index in [1.165, 1.54) is 18.2 Å². The number of hydrogen-bond acceptors (Lipinski definition) is 4. The van der Waals surface area contributed by atoms with Gasteiger partial charge in [-0.15, -0.1) is 0 Å². The van der Waals surface area contributed by atoms with Gasteiger partial charge in [-0.2, -0.15) is 0 Å². The van der Waals surface area contributed by atoms with Crippen molar-refractivity contribution in [2.75, 3.05) is 0 Å². The van der Waals surface area contributed by atoms with Crippen molar-refractivity contribution in [1.82, 2.24) is 8.96 Å². The van der Waals surface area contributed by atoms with Crippen LogP contribution in [0.3, 0.4) is 0 Å². The van der Waals surface area contributed by atoms with Crippen LogP contribution >= 0.6 is 0 Å². The molecule has 102 valence electrons. The fraction of sp³-hybridized carbons (Fsp3) is 0. The average molecular weight is 296 g/mol. The van der Waals surface area contributed by atoms with Crippen LogP contribution in [0.25, 0.3) is 11.0 Å². The number of benzene rings is 1. The third kappa shape index (κ3) is 2.15. The zero-order chi connectivity index (χ0) is 15.0. The minimum atomic E-state index is -3.91. The highest BCUT2D eigenvalue weighted by Gasteiger charge is 2.23. The van der Waals surface area contributed by atoms with Crippen molar-refractivity contribution >= 4 is 40.8 Å². The van der Waals surface area contributed by atoms with Gasteiger partial charge in [-0.25, -0.2) is 17.4 Å². The molecule has 1 aromatic carbocycles. The maximum atomic E-state index is 12.7. The summed E-state index contributed by atoms with van der Waals surface area (Å²) in [6, 6.07) is 12.5. The van der Waals surface area contributed by atoms with E-state index in [2.05, 4.69) is 4.98 Å². The third-order valence-electron chi connectivity index (χ3n) is 3.06. The lowest BCUT2D eigenvalue weighted by atomic mass is 10.0. The number of hydrogen-bond donors (Lipinski definition) is 0. The summed E-state index contributed by atoms with van der Waals surface area (Å²) in [6.45, 7) is 0. The topological polar surface area (TPSA) is 69.0 Å². The molecule has 0 bridgehead atoms. The number of rotatable bonds is 3. The minimum Gasteiger partial charge on any atom is -0.296 e. The largest absolute Gasteiger partial charge is 0.296 e. The molecule has 0 atom stereocenters. The molecule has 7 heteroatoms. The first-order chi connectivity index (χ1) is 10.0. The molecule has 2 aromatic heterocycles. The quantitative estimate of drug-likeness (QED) is 0.531. The Balaban J connectivity index is 2.38. The molecule has 0 saturated carbocycles. The SMILES string of the molecule is [B]c1ccc2cc(C=O)n(S(=O)(=O)c3ccccc3)c2n1. The standard InChI is InChI=1S/C14H9BN2O3S/c15-13-7-6-10-8-11(9-18)17(14(10)16-13)21(19,20)12-4-2-1-3-5-12/h1-9H. The van der Waals surface area contributed by atoms with E-state index in [0.29, 0.717) is 11.7 Å². The van der Waals surface area contributed by atoms with Crippen molar-refractivity contribution in [3.05, 3.63) is 54.2 Å². The number of nitrogens with zero attached hydrogens (tertiary/aromatic N) is 2. The highest BCUT2D eigenvalue weighted by atomic mass is 32.2. The molecule has 0 spiro atoms. The number of carbonyl (C=O) groups is 1. The molecule has 3 aromatic rings. The predicted molar refractivity (Wildman–Crippen MR) is 79.5 cm³/mol. The van der Waals surface area contributed by atoms with Gasteiger partial charge in [-0.3, -0.25) is 4.79 Å². The summed E-state index contributed by atoms with van der Waals surface area (Å²) < 4.78 is 26.4.